The second kappa shape index (κ2) is 7.74. The predicted molar refractivity (Wildman–Crippen MR) is 73.5 cm³/mol. The Kier molecular flexibility index (Phi) is 6.29. The Balaban J connectivity index is 3.05. The molecule has 0 spiro atoms. The van der Waals surface area contributed by atoms with Gasteiger partial charge in [-0.1, -0.05) is 6.57 Å². The molecule has 1 aromatic heterocycles. The van der Waals surface area contributed by atoms with Crippen LogP contribution in [-0.2, 0) is 4.74 Å². The zero-order valence-electron chi connectivity index (χ0n) is 10.6. The van der Waals surface area contributed by atoms with E-state index in [0.717, 1.165) is 0 Å². The lowest BCUT2D eigenvalue weighted by Crippen LogP contribution is -2.30. The van der Waals surface area contributed by atoms with E-state index < -0.39 is 0 Å². The van der Waals surface area contributed by atoms with Gasteiger partial charge >= 0.3 is 5.82 Å². The van der Waals surface area contributed by atoms with Gasteiger partial charge in [-0.2, -0.15) is 0 Å². The van der Waals surface area contributed by atoms with E-state index >= 15 is 0 Å². The molecule has 8 heteroatoms. The van der Waals surface area contributed by atoms with Crippen molar-refractivity contribution in [1.82, 2.24) is 9.97 Å². The maximum absolute atomic E-state index is 8.91. The van der Waals surface area contributed by atoms with Crippen LogP contribution in [0.3, 0.4) is 0 Å². The van der Waals surface area contributed by atoms with Gasteiger partial charge < -0.3 is 25.3 Å². The molecule has 0 radical (unpaired) electrons. The molecule has 0 aliphatic rings. The van der Waals surface area contributed by atoms with Crippen LogP contribution in [0, 0.1) is 6.57 Å². The highest BCUT2D eigenvalue weighted by Gasteiger charge is 2.18. The van der Waals surface area contributed by atoms with Gasteiger partial charge in [-0.15, -0.1) is 4.98 Å². The van der Waals surface area contributed by atoms with Gasteiger partial charge in [-0.05, 0) is 18.0 Å². The Hall–Kier alpha value is -1.62. The molecule has 1 aromatic rings. The number of anilines is 2. The predicted octanol–water partition coefficient (Wildman–Crippen LogP) is 1.10. The summed E-state index contributed by atoms with van der Waals surface area (Å²) < 4.78 is 5.01. The van der Waals surface area contributed by atoms with Gasteiger partial charge in [0.25, 0.3) is 5.15 Å². The minimum Gasteiger partial charge on any atom is -0.396 e. The van der Waals surface area contributed by atoms with Crippen molar-refractivity contribution in [2.24, 2.45) is 0 Å². The highest BCUT2D eigenvalue weighted by Crippen LogP contribution is 2.29. The van der Waals surface area contributed by atoms with Gasteiger partial charge in [0.1, 0.15) is 0 Å². The first-order chi connectivity index (χ1) is 9.13. The molecule has 0 unspecified atom stereocenters. The van der Waals surface area contributed by atoms with Crippen molar-refractivity contribution < 1.29 is 9.84 Å². The van der Waals surface area contributed by atoms with E-state index in [1.54, 1.807) is 12.0 Å². The van der Waals surface area contributed by atoms with Gasteiger partial charge in [0.2, 0.25) is 0 Å². The highest BCUT2D eigenvalue weighted by molar-refractivity contribution is 6.31. The third-order valence-corrected chi connectivity index (χ3v) is 2.68. The summed E-state index contributed by atoms with van der Waals surface area (Å²) in [6.45, 7) is 8.68. The summed E-state index contributed by atoms with van der Waals surface area (Å²) in [6, 6.07) is 0. The summed E-state index contributed by atoms with van der Waals surface area (Å²) >= 11 is 5.75. The molecule has 104 valence electrons. The number of ether oxygens (including phenoxy) is 1. The van der Waals surface area contributed by atoms with Crippen molar-refractivity contribution >= 4 is 29.1 Å². The summed E-state index contributed by atoms with van der Waals surface area (Å²) in [4.78, 5) is 13.1. The second-order valence-electron chi connectivity index (χ2n) is 3.72. The van der Waals surface area contributed by atoms with Crippen molar-refractivity contribution in [2.75, 3.05) is 44.0 Å². The first kappa shape index (κ1) is 15.4. The van der Waals surface area contributed by atoms with E-state index in [1.165, 1.54) is 0 Å². The number of aliphatic hydroxyl groups is 1. The third kappa shape index (κ3) is 4.21. The van der Waals surface area contributed by atoms with Crippen LogP contribution in [0.2, 0.25) is 5.15 Å². The van der Waals surface area contributed by atoms with Crippen LogP contribution < -0.4 is 10.6 Å². The maximum atomic E-state index is 8.91. The highest BCUT2D eigenvalue weighted by atomic mass is 35.5. The smallest absolute Gasteiger partial charge is 0.313 e. The van der Waals surface area contributed by atoms with Crippen LogP contribution in [0.15, 0.2) is 0 Å². The summed E-state index contributed by atoms with van der Waals surface area (Å²) in [7, 11) is 1.59. The molecule has 19 heavy (non-hydrogen) atoms. The fraction of sp³-hybridized carbons (Fsp3) is 0.545. The van der Waals surface area contributed by atoms with Crippen LogP contribution >= 0.6 is 11.6 Å². The number of nitrogen functional groups attached to an aromatic ring is 1. The van der Waals surface area contributed by atoms with Gasteiger partial charge in [-0.25, -0.2) is 4.98 Å². The number of halogens is 1. The monoisotopic (exact) mass is 285 g/mol. The zero-order valence-corrected chi connectivity index (χ0v) is 11.4. The molecule has 3 N–H and O–H groups in total. The number of hydrogen-bond donors (Lipinski definition) is 2. The fourth-order valence-electron chi connectivity index (χ4n) is 1.48. The topological polar surface area (TPSA) is 88.9 Å². The number of methoxy groups -OCH3 is 1. The summed E-state index contributed by atoms with van der Waals surface area (Å²) in [5.41, 5.74) is 5.62. The Morgan fingerprint density at radius 3 is 2.79 bits per heavy atom. The molecule has 0 fully saturated rings. The molecule has 1 heterocycles. The zero-order chi connectivity index (χ0) is 14.3. The lowest BCUT2D eigenvalue weighted by Gasteiger charge is -2.24. The third-order valence-electron chi connectivity index (χ3n) is 2.40. The van der Waals surface area contributed by atoms with Gasteiger partial charge in [-0.3, -0.25) is 0 Å². The fourth-order valence-corrected chi connectivity index (χ4v) is 1.61. The average Bonchev–Trinajstić information content (AvgIpc) is 2.42. The van der Waals surface area contributed by atoms with E-state index in [-0.39, 0.29) is 23.4 Å². The average molecular weight is 286 g/mol. The number of hydrogen-bond acceptors (Lipinski definition) is 6. The standard InChI is InChI=1S/C11H16ClN5O2/c1-14-10-11(16-9(13)8(12)15-10)17(4-3-6-18)5-7-19-2/h18H,3-7H2,2H3,(H2,13,16). The van der Waals surface area contributed by atoms with E-state index in [0.29, 0.717) is 31.9 Å². The lowest BCUT2D eigenvalue weighted by atomic mass is 10.3. The number of aliphatic hydroxyl groups excluding tert-OH is 1. The Morgan fingerprint density at radius 1 is 1.47 bits per heavy atom. The van der Waals surface area contributed by atoms with Crippen LogP contribution in [0.1, 0.15) is 6.42 Å². The molecule has 0 bridgehead atoms. The largest absolute Gasteiger partial charge is 0.396 e. The van der Waals surface area contributed by atoms with Crippen molar-refractivity contribution in [3.63, 3.8) is 0 Å². The van der Waals surface area contributed by atoms with Crippen molar-refractivity contribution in [3.8, 4) is 0 Å². The maximum Gasteiger partial charge on any atom is 0.313 e. The summed E-state index contributed by atoms with van der Waals surface area (Å²) in [6.07, 6.45) is 0.547. The number of rotatable bonds is 7. The number of nitrogens with two attached hydrogens (primary N) is 1. The molecule has 0 atom stereocenters. The Morgan fingerprint density at radius 2 is 2.21 bits per heavy atom. The molecule has 0 saturated heterocycles. The van der Waals surface area contributed by atoms with Gasteiger partial charge in [0.05, 0.1) is 6.61 Å². The molecule has 7 nitrogen and oxygen atoms in total. The minimum atomic E-state index is 0.0172. The second-order valence-corrected chi connectivity index (χ2v) is 4.07. The van der Waals surface area contributed by atoms with Crippen LogP contribution in [0.25, 0.3) is 4.85 Å². The lowest BCUT2D eigenvalue weighted by molar-refractivity contribution is 0.204. The molecular formula is C11H16ClN5O2. The van der Waals surface area contributed by atoms with Crippen molar-refractivity contribution in [2.45, 2.75) is 6.42 Å². The van der Waals surface area contributed by atoms with E-state index in [2.05, 4.69) is 14.8 Å². The Labute approximate surface area is 116 Å². The van der Waals surface area contributed by atoms with Crippen LogP contribution in [-0.4, -0.2) is 48.5 Å². The number of aromatic nitrogens is 2. The SMILES string of the molecule is [C-]#[N+]c1nc(Cl)c(N)nc1N(CCCO)CCOC. The van der Waals surface area contributed by atoms with Crippen molar-refractivity contribution in [1.29, 1.82) is 0 Å². The van der Waals surface area contributed by atoms with Crippen LogP contribution in [0.5, 0.6) is 0 Å². The molecule has 0 saturated carbocycles. The van der Waals surface area contributed by atoms with E-state index in [4.69, 9.17) is 33.8 Å². The molecule has 1 rings (SSSR count). The first-order valence-corrected chi connectivity index (χ1v) is 6.07. The number of nitrogens with zero attached hydrogens (tertiary/aromatic N) is 4. The van der Waals surface area contributed by atoms with E-state index in [9.17, 15) is 0 Å². The quantitative estimate of drug-likeness (QED) is 0.729. The summed E-state index contributed by atoms with van der Waals surface area (Å²) in [5, 5.41) is 8.93. The van der Waals surface area contributed by atoms with Crippen molar-refractivity contribution in [3.05, 3.63) is 16.6 Å². The molecule has 0 aliphatic heterocycles. The van der Waals surface area contributed by atoms with E-state index in [1.807, 2.05) is 0 Å². The van der Waals surface area contributed by atoms with Crippen LogP contribution in [0.4, 0.5) is 17.5 Å². The molecular weight excluding hydrogens is 270 g/mol. The normalized spacial score (nSPS) is 10.2. The molecule has 0 aliphatic carbocycles. The summed E-state index contributed by atoms with van der Waals surface area (Å²) in [5.74, 6) is 0.533. The molecule has 0 aromatic carbocycles. The van der Waals surface area contributed by atoms with Gasteiger partial charge in [0.15, 0.2) is 11.6 Å². The van der Waals surface area contributed by atoms with Gasteiger partial charge in [0, 0.05) is 26.8 Å². The minimum absolute atomic E-state index is 0.0172. The molecule has 0 amide bonds. The first-order valence-electron chi connectivity index (χ1n) is 5.69. The Bertz CT molecular complexity index is 455.